The summed E-state index contributed by atoms with van der Waals surface area (Å²) in [6, 6.07) is 0. The van der Waals surface area contributed by atoms with E-state index in [0.29, 0.717) is 0 Å². The predicted molar refractivity (Wildman–Crippen MR) is 46.6 cm³/mol. The Morgan fingerprint density at radius 1 is 1.50 bits per heavy atom. The lowest BCUT2D eigenvalue weighted by atomic mass is 10.3. The van der Waals surface area contributed by atoms with Crippen LogP contribution in [0.3, 0.4) is 0 Å². The molecule has 0 aliphatic carbocycles. The second kappa shape index (κ2) is 6.26. The molecule has 3 nitrogen and oxygen atoms in total. The summed E-state index contributed by atoms with van der Waals surface area (Å²) in [5, 5.41) is -0.387. The van der Waals surface area contributed by atoms with Gasteiger partial charge in [-0.2, -0.15) is 0 Å². The van der Waals surface area contributed by atoms with Gasteiger partial charge in [-0.25, -0.2) is 0 Å². The Balaban J connectivity index is 3.50. The van der Waals surface area contributed by atoms with Gasteiger partial charge in [-0.3, -0.25) is 9.59 Å². The van der Waals surface area contributed by atoms with Crippen molar-refractivity contribution in [2.75, 3.05) is 12.5 Å². The summed E-state index contributed by atoms with van der Waals surface area (Å²) in [5.74, 6) is -0.565. The molecule has 0 aromatic rings. The summed E-state index contributed by atoms with van der Waals surface area (Å²) in [4.78, 5) is 21.1. The molecule has 0 rings (SSSR count). The number of rotatable bonds is 5. The predicted octanol–water partition coefficient (Wildman–Crippen LogP) is 1.35. The first kappa shape index (κ1) is 11.7. The van der Waals surface area contributed by atoms with Gasteiger partial charge in [0.25, 0.3) is 0 Å². The molecule has 0 saturated carbocycles. The summed E-state index contributed by atoms with van der Waals surface area (Å²) in [5.41, 5.74) is 0. The Bertz CT molecular complexity index is 170. The first-order valence-corrected chi connectivity index (χ1v) is 4.38. The van der Waals surface area contributed by atoms with Gasteiger partial charge in [0.2, 0.25) is 0 Å². The molecule has 0 N–H and O–H groups in total. The fraction of sp³-hybridized carbons (Fsp3) is 0.714. The molecule has 0 aromatic carbocycles. The number of carbonyl (C=O) groups is 2. The maximum Gasteiger partial charge on any atom is 0.313 e. The molecule has 5 heteroatoms. The van der Waals surface area contributed by atoms with E-state index in [9.17, 15) is 9.59 Å². The van der Waals surface area contributed by atoms with E-state index < -0.39 is 5.97 Å². The average Bonchev–Trinajstić information content (AvgIpc) is 1.99. The van der Waals surface area contributed by atoms with Crippen molar-refractivity contribution in [3.05, 3.63) is 0 Å². The minimum atomic E-state index is -0.557. The zero-order chi connectivity index (χ0) is 9.56. The SMILES string of the molecule is CC(=O)CC(=O)OCC(Cl)CCl. The molecular formula is C7H10Cl2O3. The van der Waals surface area contributed by atoms with E-state index in [1.54, 1.807) is 0 Å². The van der Waals surface area contributed by atoms with Crippen molar-refractivity contribution >= 4 is 35.0 Å². The van der Waals surface area contributed by atoms with E-state index in [-0.39, 0.29) is 30.1 Å². The molecule has 0 spiro atoms. The van der Waals surface area contributed by atoms with Crippen LogP contribution in [0, 0.1) is 0 Å². The van der Waals surface area contributed by atoms with E-state index in [1.807, 2.05) is 0 Å². The third-order valence-corrected chi connectivity index (χ3v) is 1.80. The molecule has 70 valence electrons. The lowest BCUT2D eigenvalue weighted by molar-refractivity contribution is -0.145. The highest BCUT2D eigenvalue weighted by Gasteiger charge is 2.09. The molecule has 0 heterocycles. The monoisotopic (exact) mass is 212 g/mol. The van der Waals surface area contributed by atoms with Crippen LogP contribution in [-0.2, 0) is 14.3 Å². The summed E-state index contributed by atoms with van der Waals surface area (Å²) in [7, 11) is 0. The molecular weight excluding hydrogens is 203 g/mol. The van der Waals surface area contributed by atoms with E-state index in [4.69, 9.17) is 23.2 Å². The number of alkyl halides is 2. The number of ether oxygens (including phenoxy) is 1. The number of esters is 1. The minimum Gasteiger partial charge on any atom is -0.464 e. The molecule has 0 saturated heterocycles. The first-order chi connectivity index (χ1) is 5.56. The molecule has 1 atom stereocenters. The van der Waals surface area contributed by atoms with Gasteiger partial charge in [0.15, 0.2) is 0 Å². The summed E-state index contributed by atoms with van der Waals surface area (Å²) >= 11 is 10.9. The van der Waals surface area contributed by atoms with Crippen molar-refractivity contribution in [2.45, 2.75) is 18.7 Å². The van der Waals surface area contributed by atoms with Crippen LogP contribution >= 0.6 is 23.2 Å². The third-order valence-electron chi connectivity index (χ3n) is 0.986. The molecule has 12 heavy (non-hydrogen) atoms. The standard InChI is InChI=1S/C7H10Cl2O3/c1-5(10)2-7(11)12-4-6(9)3-8/h6H,2-4H2,1H3. The number of ketones is 1. The van der Waals surface area contributed by atoms with E-state index in [0.717, 1.165) is 0 Å². The third kappa shape index (κ3) is 6.43. The van der Waals surface area contributed by atoms with Gasteiger partial charge in [0.05, 0.1) is 5.38 Å². The van der Waals surface area contributed by atoms with Crippen molar-refractivity contribution in [3.63, 3.8) is 0 Å². The maximum absolute atomic E-state index is 10.7. The smallest absolute Gasteiger partial charge is 0.313 e. The molecule has 0 aromatic heterocycles. The molecule has 0 fully saturated rings. The molecule has 0 aliphatic rings. The van der Waals surface area contributed by atoms with Gasteiger partial charge in [0, 0.05) is 5.88 Å². The largest absolute Gasteiger partial charge is 0.464 e. The van der Waals surface area contributed by atoms with Crippen molar-refractivity contribution in [2.24, 2.45) is 0 Å². The Labute approximate surface area is 81.0 Å². The summed E-state index contributed by atoms with van der Waals surface area (Å²) in [6.45, 7) is 1.37. The fourth-order valence-electron chi connectivity index (χ4n) is 0.482. The zero-order valence-corrected chi connectivity index (χ0v) is 8.19. The number of Topliss-reactive ketones (excluding diaryl/α,β-unsaturated/α-hetero) is 1. The second-order valence-electron chi connectivity index (χ2n) is 2.31. The summed E-state index contributed by atoms with van der Waals surface area (Å²) in [6.07, 6.45) is -0.202. The van der Waals surface area contributed by atoms with Crippen LogP contribution < -0.4 is 0 Å². The number of hydrogen-bond acceptors (Lipinski definition) is 3. The first-order valence-electron chi connectivity index (χ1n) is 3.41. The Morgan fingerprint density at radius 3 is 2.50 bits per heavy atom. The fourth-order valence-corrected chi connectivity index (χ4v) is 0.634. The van der Waals surface area contributed by atoms with E-state index in [2.05, 4.69) is 4.74 Å². The highest BCUT2D eigenvalue weighted by molar-refractivity contribution is 6.28. The van der Waals surface area contributed by atoms with Crippen LogP contribution in [0.1, 0.15) is 13.3 Å². The highest BCUT2D eigenvalue weighted by Crippen LogP contribution is 2.00. The van der Waals surface area contributed by atoms with Crippen molar-refractivity contribution in [1.82, 2.24) is 0 Å². The lowest BCUT2D eigenvalue weighted by Gasteiger charge is -2.05. The maximum atomic E-state index is 10.7. The van der Waals surface area contributed by atoms with Gasteiger partial charge in [-0.1, -0.05) is 0 Å². The Hall–Kier alpha value is -0.280. The lowest BCUT2D eigenvalue weighted by Crippen LogP contribution is -2.16. The quantitative estimate of drug-likeness (QED) is 0.393. The van der Waals surface area contributed by atoms with Crippen molar-refractivity contribution < 1.29 is 14.3 Å². The van der Waals surface area contributed by atoms with Gasteiger partial charge in [0.1, 0.15) is 18.8 Å². The normalized spacial score (nSPS) is 12.2. The number of hydrogen-bond donors (Lipinski definition) is 0. The van der Waals surface area contributed by atoms with Crippen molar-refractivity contribution in [1.29, 1.82) is 0 Å². The van der Waals surface area contributed by atoms with Gasteiger partial charge >= 0.3 is 5.97 Å². The highest BCUT2D eigenvalue weighted by atomic mass is 35.5. The van der Waals surface area contributed by atoms with Gasteiger partial charge < -0.3 is 4.74 Å². The van der Waals surface area contributed by atoms with E-state index >= 15 is 0 Å². The van der Waals surface area contributed by atoms with Crippen LogP contribution in [0.4, 0.5) is 0 Å². The van der Waals surface area contributed by atoms with Crippen LogP contribution in [0.2, 0.25) is 0 Å². The molecule has 0 amide bonds. The molecule has 1 unspecified atom stereocenters. The molecule has 0 bridgehead atoms. The van der Waals surface area contributed by atoms with Crippen molar-refractivity contribution in [3.8, 4) is 0 Å². The minimum absolute atomic E-state index is 0.0527. The van der Waals surface area contributed by atoms with Gasteiger partial charge in [-0.15, -0.1) is 23.2 Å². The topological polar surface area (TPSA) is 43.4 Å². The van der Waals surface area contributed by atoms with Gasteiger partial charge in [-0.05, 0) is 6.92 Å². The summed E-state index contributed by atoms with van der Waals surface area (Å²) < 4.78 is 4.63. The molecule has 0 radical (unpaired) electrons. The Morgan fingerprint density at radius 2 is 2.08 bits per heavy atom. The number of carbonyl (C=O) groups excluding carboxylic acids is 2. The van der Waals surface area contributed by atoms with Crippen LogP contribution in [-0.4, -0.2) is 29.6 Å². The Kier molecular flexibility index (Phi) is 6.11. The van der Waals surface area contributed by atoms with Crippen LogP contribution in [0.25, 0.3) is 0 Å². The van der Waals surface area contributed by atoms with Crippen LogP contribution in [0.15, 0.2) is 0 Å². The van der Waals surface area contributed by atoms with Crippen LogP contribution in [0.5, 0.6) is 0 Å². The average molecular weight is 213 g/mol. The zero-order valence-electron chi connectivity index (χ0n) is 6.68. The van der Waals surface area contributed by atoms with E-state index in [1.165, 1.54) is 6.92 Å². The molecule has 0 aliphatic heterocycles. The second-order valence-corrected chi connectivity index (χ2v) is 3.24. The number of halogens is 2.